The first-order chi connectivity index (χ1) is 8.06. The fourth-order valence-electron chi connectivity index (χ4n) is 1.69. The molecule has 2 N–H and O–H groups in total. The van der Waals surface area contributed by atoms with Crippen LogP contribution in [0.2, 0.25) is 0 Å². The Labute approximate surface area is 108 Å². The SMILES string of the molecule is CC(N)c1ccn(Cc2cc(Br)ccc2F)c1. The van der Waals surface area contributed by atoms with E-state index in [9.17, 15) is 4.39 Å². The Kier molecular flexibility index (Phi) is 3.64. The van der Waals surface area contributed by atoms with Crippen LogP contribution in [-0.2, 0) is 6.54 Å². The van der Waals surface area contributed by atoms with Gasteiger partial charge in [0.1, 0.15) is 5.82 Å². The van der Waals surface area contributed by atoms with E-state index < -0.39 is 0 Å². The van der Waals surface area contributed by atoms with Gasteiger partial charge in [-0.1, -0.05) is 15.9 Å². The van der Waals surface area contributed by atoms with Gasteiger partial charge in [-0.15, -0.1) is 0 Å². The van der Waals surface area contributed by atoms with Crippen molar-refractivity contribution in [3.8, 4) is 0 Å². The molecule has 2 aromatic rings. The molecule has 1 atom stereocenters. The van der Waals surface area contributed by atoms with Crippen LogP contribution >= 0.6 is 15.9 Å². The molecule has 2 rings (SSSR count). The first-order valence-corrected chi connectivity index (χ1v) is 6.21. The predicted molar refractivity (Wildman–Crippen MR) is 70.2 cm³/mol. The van der Waals surface area contributed by atoms with Gasteiger partial charge in [0.2, 0.25) is 0 Å². The molecule has 0 radical (unpaired) electrons. The Morgan fingerprint density at radius 1 is 1.41 bits per heavy atom. The molecule has 0 aliphatic rings. The van der Waals surface area contributed by atoms with Gasteiger partial charge in [-0.3, -0.25) is 0 Å². The molecule has 1 aromatic carbocycles. The van der Waals surface area contributed by atoms with E-state index in [0.717, 1.165) is 10.0 Å². The van der Waals surface area contributed by atoms with Crippen molar-refractivity contribution in [3.63, 3.8) is 0 Å². The van der Waals surface area contributed by atoms with Gasteiger partial charge in [-0.05, 0) is 36.8 Å². The average molecular weight is 297 g/mol. The van der Waals surface area contributed by atoms with Crippen LogP contribution in [0.25, 0.3) is 0 Å². The van der Waals surface area contributed by atoms with Crippen LogP contribution < -0.4 is 5.73 Å². The lowest BCUT2D eigenvalue weighted by atomic mass is 10.2. The van der Waals surface area contributed by atoms with Gasteiger partial charge in [0.15, 0.2) is 0 Å². The number of nitrogens with two attached hydrogens (primary N) is 1. The summed E-state index contributed by atoms with van der Waals surface area (Å²) >= 11 is 3.34. The number of benzene rings is 1. The molecular weight excluding hydrogens is 283 g/mol. The van der Waals surface area contributed by atoms with Crippen molar-refractivity contribution in [2.24, 2.45) is 5.73 Å². The fraction of sp³-hybridized carbons (Fsp3) is 0.231. The van der Waals surface area contributed by atoms with E-state index in [1.807, 2.05) is 30.0 Å². The number of hydrogen-bond donors (Lipinski definition) is 1. The van der Waals surface area contributed by atoms with E-state index in [0.29, 0.717) is 12.1 Å². The first-order valence-electron chi connectivity index (χ1n) is 5.41. The summed E-state index contributed by atoms with van der Waals surface area (Å²) in [5.41, 5.74) is 7.49. The Balaban J connectivity index is 2.22. The third-order valence-electron chi connectivity index (χ3n) is 2.66. The molecule has 2 nitrogen and oxygen atoms in total. The van der Waals surface area contributed by atoms with Gasteiger partial charge in [0.25, 0.3) is 0 Å². The van der Waals surface area contributed by atoms with Gasteiger partial charge in [0.05, 0.1) is 0 Å². The van der Waals surface area contributed by atoms with Crippen LogP contribution in [0.4, 0.5) is 4.39 Å². The Bertz CT molecular complexity index is 520. The second-order valence-corrected chi connectivity index (χ2v) is 5.06. The fourth-order valence-corrected chi connectivity index (χ4v) is 2.10. The molecule has 0 fully saturated rings. The van der Waals surface area contributed by atoms with Crippen LogP contribution in [0, 0.1) is 5.82 Å². The summed E-state index contributed by atoms with van der Waals surface area (Å²) in [5, 5.41) is 0. The minimum atomic E-state index is -0.191. The summed E-state index contributed by atoms with van der Waals surface area (Å²) in [7, 11) is 0. The molecule has 1 heterocycles. The monoisotopic (exact) mass is 296 g/mol. The second kappa shape index (κ2) is 5.02. The second-order valence-electron chi connectivity index (χ2n) is 4.14. The van der Waals surface area contributed by atoms with E-state index in [1.165, 1.54) is 6.07 Å². The van der Waals surface area contributed by atoms with E-state index in [1.54, 1.807) is 12.1 Å². The minimum absolute atomic E-state index is 0.00334. The smallest absolute Gasteiger partial charge is 0.128 e. The molecular formula is C13H14BrFN2. The number of halogens is 2. The third kappa shape index (κ3) is 2.96. The van der Waals surface area contributed by atoms with Crippen LogP contribution in [0.1, 0.15) is 24.1 Å². The van der Waals surface area contributed by atoms with Crippen molar-refractivity contribution in [2.75, 3.05) is 0 Å². The lowest BCUT2D eigenvalue weighted by Gasteiger charge is -2.06. The highest BCUT2D eigenvalue weighted by molar-refractivity contribution is 9.10. The largest absolute Gasteiger partial charge is 0.349 e. The van der Waals surface area contributed by atoms with Gasteiger partial charge in [-0.2, -0.15) is 0 Å². The van der Waals surface area contributed by atoms with E-state index >= 15 is 0 Å². The molecule has 1 aromatic heterocycles. The summed E-state index contributed by atoms with van der Waals surface area (Å²) < 4.78 is 16.4. The van der Waals surface area contributed by atoms with Gasteiger partial charge in [-0.25, -0.2) is 4.39 Å². The summed E-state index contributed by atoms with van der Waals surface area (Å²) in [6.45, 7) is 2.44. The summed E-state index contributed by atoms with van der Waals surface area (Å²) in [6, 6.07) is 6.92. The van der Waals surface area contributed by atoms with Crippen LogP contribution in [0.15, 0.2) is 41.1 Å². The molecule has 90 valence electrons. The molecule has 17 heavy (non-hydrogen) atoms. The molecule has 0 spiro atoms. The molecule has 1 unspecified atom stereocenters. The summed E-state index contributed by atoms with van der Waals surface area (Å²) in [6.07, 6.45) is 3.87. The minimum Gasteiger partial charge on any atom is -0.349 e. The molecule has 0 bridgehead atoms. The zero-order valence-electron chi connectivity index (χ0n) is 9.53. The topological polar surface area (TPSA) is 30.9 Å². The molecule has 4 heteroatoms. The van der Waals surface area contributed by atoms with Gasteiger partial charge < -0.3 is 10.3 Å². The van der Waals surface area contributed by atoms with Crippen molar-refractivity contribution in [1.82, 2.24) is 4.57 Å². The van der Waals surface area contributed by atoms with Gasteiger partial charge in [0, 0.05) is 35.0 Å². The van der Waals surface area contributed by atoms with Crippen molar-refractivity contribution in [2.45, 2.75) is 19.5 Å². The Morgan fingerprint density at radius 2 is 2.18 bits per heavy atom. The van der Waals surface area contributed by atoms with Crippen molar-refractivity contribution < 1.29 is 4.39 Å². The van der Waals surface area contributed by atoms with E-state index in [2.05, 4.69) is 15.9 Å². The average Bonchev–Trinajstić information content (AvgIpc) is 2.72. The maximum Gasteiger partial charge on any atom is 0.128 e. The molecule has 0 aliphatic heterocycles. The summed E-state index contributed by atoms with van der Waals surface area (Å²) in [4.78, 5) is 0. The lowest BCUT2D eigenvalue weighted by Crippen LogP contribution is -2.04. The number of aromatic nitrogens is 1. The zero-order chi connectivity index (χ0) is 12.4. The third-order valence-corrected chi connectivity index (χ3v) is 3.15. The lowest BCUT2D eigenvalue weighted by molar-refractivity contribution is 0.599. The maximum absolute atomic E-state index is 13.6. The number of hydrogen-bond acceptors (Lipinski definition) is 1. The van der Waals surface area contributed by atoms with Crippen molar-refractivity contribution in [1.29, 1.82) is 0 Å². The summed E-state index contributed by atoms with van der Waals surface area (Å²) in [5.74, 6) is -0.191. The maximum atomic E-state index is 13.6. The highest BCUT2D eigenvalue weighted by Gasteiger charge is 2.06. The first kappa shape index (κ1) is 12.3. The molecule has 0 aliphatic carbocycles. The number of nitrogens with zero attached hydrogens (tertiary/aromatic N) is 1. The van der Waals surface area contributed by atoms with Crippen LogP contribution in [-0.4, -0.2) is 4.57 Å². The highest BCUT2D eigenvalue weighted by Crippen LogP contribution is 2.18. The van der Waals surface area contributed by atoms with Gasteiger partial charge >= 0.3 is 0 Å². The van der Waals surface area contributed by atoms with E-state index in [4.69, 9.17) is 5.73 Å². The quantitative estimate of drug-likeness (QED) is 0.924. The normalized spacial score (nSPS) is 12.7. The van der Waals surface area contributed by atoms with Crippen molar-refractivity contribution in [3.05, 3.63) is 58.1 Å². The van der Waals surface area contributed by atoms with Crippen LogP contribution in [0.3, 0.4) is 0 Å². The van der Waals surface area contributed by atoms with Crippen LogP contribution in [0.5, 0.6) is 0 Å². The standard InChI is InChI=1S/C13H14BrFN2/c1-9(16)10-4-5-17(7-10)8-11-6-12(14)2-3-13(11)15/h2-7,9H,8,16H2,1H3. The predicted octanol–water partition coefficient (Wildman–Crippen LogP) is 3.46. The number of rotatable bonds is 3. The molecule has 0 saturated carbocycles. The zero-order valence-corrected chi connectivity index (χ0v) is 11.1. The Hall–Kier alpha value is -1.13. The van der Waals surface area contributed by atoms with E-state index in [-0.39, 0.29) is 11.9 Å². The molecule has 0 amide bonds. The van der Waals surface area contributed by atoms with Crippen molar-refractivity contribution >= 4 is 15.9 Å². The Morgan fingerprint density at radius 3 is 2.82 bits per heavy atom. The highest BCUT2D eigenvalue weighted by atomic mass is 79.9. The molecule has 0 saturated heterocycles.